The maximum atomic E-state index is 10.6. The number of rotatable bonds is 0. The molecular weight excluding hydrogens is 388 g/mol. The van der Waals surface area contributed by atoms with Crippen LogP contribution < -0.4 is 0 Å². The van der Waals surface area contributed by atoms with Gasteiger partial charge in [-0.2, -0.15) is 0 Å². The van der Waals surface area contributed by atoms with Gasteiger partial charge in [0, 0.05) is 12.3 Å². The lowest BCUT2D eigenvalue weighted by atomic mass is 9.44. The van der Waals surface area contributed by atoms with Crippen molar-refractivity contribution >= 4 is 0 Å². The third-order valence-corrected chi connectivity index (χ3v) is 12.0. The Hall–Kier alpha value is -0.160. The van der Waals surface area contributed by atoms with Crippen molar-refractivity contribution in [2.24, 2.45) is 52.3 Å². The van der Waals surface area contributed by atoms with Crippen LogP contribution >= 0.6 is 0 Å². The Morgan fingerprint density at radius 3 is 2.39 bits per heavy atom. The van der Waals surface area contributed by atoms with Crippen molar-refractivity contribution in [2.75, 3.05) is 6.61 Å². The first-order valence-electron chi connectivity index (χ1n) is 13.4. The van der Waals surface area contributed by atoms with E-state index in [9.17, 15) is 10.2 Å². The van der Waals surface area contributed by atoms with E-state index in [1.165, 1.54) is 38.5 Å². The molecule has 6 aliphatic rings. The van der Waals surface area contributed by atoms with Gasteiger partial charge in [0.2, 0.25) is 0 Å². The fourth-order valence-electron chi connectivity index (χ4n) is 10.3. The molecule has 2 N–H and O–H groups in total. The first kappa shape index (κ1) is 21.4. The molecule has 0 aromatic heterocycles. The summed E-state index contributed by atoms with van der Waals surface area (Å²) in [5.74, 6) is 4.21. The topological polar surface area (TPSA) is 58.9 Å². The molecule has 0 bridgehead atoms. The number of fused-ring (bicyclic) bond motifs is 7. The average Bonchev–Trinajstić information content (AvgIpc) is 3.16. The molecule has 0 aromatic carbocycles. The Morgan fingerprint density at radius 1 is 0.839 bits per heavy atom. The standard InChI is InChI=1S/C27H44O4/c1-15-7-10-27(30-14-15)16(2)24-23(31-27)12-20-18-6-5-17-11-21(28)22(29)13-26(17,4)19(18)8-9-25(20,24)3/h15-24,28-29H,5-14H2,1-4H3/t15-,16-,17+,18-,19+,20+,21-,22+,23+,24+,25+,26+,27-/m1/s1. The van der Waals surface area contributed by atoms with Crippen LogP contribution in [0.25, 0.3) is 0 Å². The van der Waals surface area contributed by atoms with Crippen LogP contribution in [0.15, 0.2) is 0 Å². The monoisotopic (exact) mass is 432 g/mol. The largest absolute Gasteiger partial charge is 0.390 e. The zero-order valence-corrected chi connectivity index (χ0v) is 20.1. The molecule has 0 unspecified atom stereocenters. The quantitative estimate of drug-likeness (QED) is 0.579. The zero-order chi connectivity index (χ0) is 21.8. The smallest absolute Gasteiger partial charge is 0.171 e. The van der Waals surface area contributed by atoms with Gasteiger partial charge in [0.15, 0.2) is 5.79 Å². The Kier molecular flexibility index (Phi) is 4.78. The molecular formula is C27H44O4. The van der Waals surface area contributed by atoms with Crippen molar-refractivity contribution in [2.45, 2.75) is 110 Å². The van der Waals surface area contributed by atoms with E-state index < -0.39 is 12.2 Å². The highest BCUT2D eigenvalue weighted by Crippen LogP contribution is 2.71. The lowest BCUT2D eigenvalue weighted by Gasteiger charge is -2.61. The van der Waals surface area contributed by atoms with E-state index in [1.807, 2.05) is 0 Å². The Morgan fingerprint density at radius 2 is 1.65 bits per heavy atom. The molecule has 31 heavy (non-hydrogen) atoms. The van der Waals surface area contributed by atoms with Crippen molar-refractivity contribution in [1.82, 2.24) is 0 Å². The molecule has 0 radical (unpaired) electrons. The average molecular weight is 433 g/mol. The van der Waals surface area contributed by atoms with Crippen molar-refractivity contribution < 1.29 is 19.7 Å². The molecule has 4 nitrogen and oxygen atoms in total. The summed E-state index contributed by atoms with van der Waals surface area (Å²) in [5, 5.41) is 20.9. The summed E-state index contributed by atoms with van der Waals surface area (Å²) >= 11 is 0. The summed E-state index contributed by atoms with van der Waals surface area (Å²) in [7, 11) is 0. The Labute approximate surface area is 188 Å². The van der Waals surface area contributed by atoms with Crippen molar-refractivity contribution in [1.29, 1.82) is 0 Å². The van der Waals surface area contributed by atoms with Gasteiger partial charge in [0.25, 0.3) is 0 Å². The molecule has 6 fully saturated rings. The molecule has 1 spiro atoms. The zero-order valence-electron chi connectivity index (χ0n) is 20.1. The molecule has 176 valence electrons. The predicted octanol–water partition coefficient (Wildman–Crippen LogP) is 4.76. The molecule has 4 heteroatoms. The second-order valence-corrected chi connectivity index (χ2v) is 13.2. The summed E-state index contributed by atoms with van der Waals surface area (Å²) in [6.07, 6.45) is 9.51. The van der Waals surface area contributed by atoms with E-state index in [0.29, 0.717) is 41.1 Å². The van der Waals surface area contributed by atoms with Crippen LogP contribution in [0.3, 0.4) is 0 Å². The highest BCUT2D eigenvalue weighted by molar-refractivity contribution is 5.15. The van der Waals surface area contributed by atoms with E-state index in [-0.39, 0.29) is 11.2 Å². The van der Waals surface area contributed by atoms with Gasteiger partial charge in [-0.3, -0.25) is 0 Å². The van der Waals surface area contributed by atoms with Crippen LogP contribution in [-0.4, -0.2) is 40.9 Å². The van der Waals surface area contributed by atoms with Crippen LogP contribution in [0.2, 0.25) is 0 Å². The van der Waals surface area contributed by atoms with Crippen LogP contribution in [0.1, 0.15) is 85.5 Å². The number of ether oxygens (including phenoxy) is 2. The molecule has 6 rings (SSSR count). The molecule has 2 aliphatic heterocycles. The third-order valence-electron chi connectivity index (χ3n) is 12.0. The highest BCUT2D eigenvalue weighted by atomic mass is 16.7. The summed E-state index contributed by atoms with van der Waals surface area (Å²) in [6, 6.07) is 0. The van der Waals surface area contributed by atoms with Gasteiger partial charge in [0.1, 0.15) is 0 Å². The van der Waals surface area contributed by atoms with Crippen molar-refractivity contribution in [3.8, 4) is 0 Å². The molecule has 2 saturated heterocycles. The minimum absolute atomic E-state index is 0.191. The number of aliphatic hydroxyl groups is 2. The minimum Gasteiger partial charge on any atom is -0.390 e. The molecule has 4 aliphatic carbocycles. The lowest BCUT2D eigenvalue weighted by Crippen LogP contribution is -2.57. The molecule has 0 amide bonds. The summed E-state index contributed by atoms with van der Waals surface area (Å²) in [5.41, 5.74) is 0.550. The van der Waals surface area contributed by atoms with E-state index in [1.54, 1.807) is 0 Å². The van der Waals surface area contributed by atoms with Gasteiger partial charge in [0.05, 0.1) is 24.9 Å². The summed E-state index contributed by atoms with van der Waals surface area (Å²) in [4.78, 5) is 0. The van der Waals surface area contributed by atoms with Gasteiger partial charge in [-0.1, -0.05) is 27.7 Å². The fraction of sp³-hybridized carbons (Fsp3) is 1.00. The Balaban J connectivity index is 1.26. The second-order valence-electron chi connectivity index (χ2n) is 13.2. The SMILES string of the molecule is C[C@@H]1CC[C@@]2(OC1)O[C@H]1C[C@H]3[C@@H]4CC[C@H]5C[C@@H](O)[C@@H](O)C[C@]5(C)[C@H]4CC[C@]3(C)[C@H]1[C@H]2C. The van der Waals surface area contributed by atoms with Gasteiger partial charge in [-0.05, 0) is 97.7 Å². The van der Waals surface area contributed by atoms with Crippen LogP contribution in [0.4, 0.5) is 0 Å². The first-order valence-corrected chi connectivity index (χ1v) is 13.4. The van der Waals surface area contributed by atoms with Crippen molar-refractivity contribution in [3.05, 3.63) is 0 Å². The van der Waals surface area contributed by atoms with Crippen LogP contribution in [0, 0.1) is 52.3 Å². The number of hydrogen-bond acceptors (Lipinski definition) is 4. The van der Waals surface area contributed by atoms with E-state index >= 15 is 0 Å². The number of aliphatic hydroxyl groups excluding tert-OH is 2. The molecule has 13 atom stereocenters. The highest BCUT2D eigenvalue weighted by Gasteiger charge is 2.69. The molecule has 0 aromatic rings. The first-order chi connectivity index (χ1) is 14.7. The fourth-order valence-corrected chi connectivity index (χ4v) is 10.3. The normalized spacial score (nSPS) is 63.3. The molecule has 4 saturated carbocycles. The summed E-state index contributed by atoms with van der Waals surface area (Å²) < 4.78 is 13.3. The van der Waals surface area contributed by atoms with E-state index in [2.05, 4.69) is 27.7 Å². The van der Waals surface area contributed by atoms with E-state index in [0.717, 1.165) is 37.7 Å². The van der Waals surface area contributed by atoms with Crippen molar-refractivity contribution in [3.63, 3.8) is 0 Å². The van der Waals surface area contributed by atoms with Crippen LogP contribution in [0.5, 0.6) is 0 Å². The van der Waals surface area contributed by atoms with Gasteiger partial charge >= 0.3 is 0 Å². The van der Waals surface area contributed by atoms with Gasteiger partial charge < -0.3 is 19.7 Å². The lowest BCUT2D eigenvalue weighted by molar-refractivity contribution is -0.273. The number of hydrogen-bond donors (Lipinski definition) is 2. The predicted molar refractivity (Wildman–Crippen MR) is 119 cm³/mol. The molecule has 2 heterocycles. The van der Waals surface area contributed by atoms with E-state index in [4.69, 9.17) is 9.47 Å². The third kappa shape index (κ3) is 2.80. The van der Waals surface area contributed by atoms with Gasteiger partial charge in [-0.25, -0.2) is 0 Å². The summed E-state index contributed by atoms with van der Waals surface area (Å²) in [6.45, 7) is 10.6. The maximum absolute atomic E-state index is 10.6. The van der Waals surface area contributed by atoms with Gasteiger partial charge in [-0.15, -0.1) is 0 Å². The van der Waals surface area contributed by atoms with Crippen LogP contribution in [-0.2, 0) is 9.47 Å². The second kappa shape index (κ2) is 6.93. The minimum atomic E-state index is -0.537. The maximum Gasteiger partial charge on any atom is 0.171 e. The Bertz CT molecular complexity index is 716.